The summed E-state index contributed by atoms with van der Waals surface area (Å²) in [7, 11) is 0. The van der Waals surface area contributed by atoms with Crippen molar-refractivity contribution in [2.24, 2.45) is 0 Å². The van der Waals surface area contributed by atoms with Crippen molar-refractivity contribution in [3.8, 4) is 0 Å². The van der Waals surface area contributed by atoms with Gasteiger partial charge in [-0.25, -0.2) is 9.50 Å². The van der Waals surface area contributed by atoms with Gasteiger partial charge in [0.15, 0.2) is 0 Å². The monoisotopic (exact) mass is 324 g/mol. The molecule has 8 heteroatoms. The van der Waals surface area contributed by atoms with Crippen molar-refractivity contribution in [3.63, 3.8) is 0 Å². The Bertz CT molecular complexity index is 930. The molecule has 24 heavy (non-hydrogen) atoms. The number of carbonyl (C=O) groups is 2. The fourth-order valence-corrected chi connectivity index (χ4v) is 2.29. The quantitative estimate of drug-likeness (QED) is 0.767. The van der Waals surface area contributed by atoms with E-state index in [-0.39, 0.29) is 11.7 Å². The molecule has 1 aromatic carbocycles. The molecule has 0 unspecified atom stereocenters. The van der Waals surface area contributed by atoms with Crippen LogP contribution in [0.2, 0.25) is 0 Å². The van der Waals surface area contributed by atoms with Crippen molar-refractivity contribution in [1.82, 2.24) is 19.6 Å². The Morgan fingerprint density at radius 1 is 1.00 bits per heavy atom. The second-order valence-electron chi connectivity index (χ2n) is 5.40. The number of nitrogens with zero attached hydrogens (tertiary/aromatic N) is 4. The number of hydrogen-bond donors (Lipinski definition) is 2. The molecule has 3 rings (SSSR count). The number of fused-ring (bicyclic) bond motifs is 1. The van der Waals surface area contributed by atoms with Crippen LogP contribution in [0.25, 0.3) is 5.78 Å². The molecular formula is C16H16N6O2. The molecule has 0 fully saturated rings. The number of anilines is 2. The van der Waals surface area contributed by atoms with Crippen molar-refractivity contribution in [2.75, 3.05) is 10.6 Å². The first-order valence-electron chi connectivity index (χ1n) is 7.32. The van der Waals surface area contributed by atoms with Crippen molar-refractivity contribution in [1.29, 1.82) is 0 Å². The lowest BCUT2D eigenvalue weighted by Gasteiger charge is -2.05. The van der Waals surface area contributed by atoms with Gasteiger partial charge >= 0.3 is 0 Å². The maximum absolute atomic E-state index is 12.3. The Kier molecular flexibility index (Phi) is 3.95. The zero-order valence-electron chi connectivity index (χ0n) is 13.5. The number of hydrogen-bond acceptors (Lipinski definition) is 5. The SMILES string of the molecule is CC(=O)Nc1ccc(NC(=O)c2nc3nc(C)cc(C)n3n2)cc1. The molecule has 2 heterocycles. The lowest BCUT2D eigenvalue weighted by Crippen LogP contribution is -2.14. The van der Waals surface area contributed by atoms with E-state index in [1.54, 1.807) is 24.3 Å². The highest BCUT2D eigenvalue weighted by Gasteiger charge is 2.15. The van der Waals surface area contributed by atoms with Gasteiger partial charge in [-0.2, -0.15) is 4.98 Å². The number of aryl methyl sites for hydroxylation is 2. The topological polar surface area (TPSA) is 101 Å². The van der Waals surface area contributed by atoms with Gasteiger partial charge in [-0.1, -0.05) is 0 Å². The van der Waals surface area contributed by atoms with E-state index in [9.17, 15) is 9.59 Å². The first kappa shape index (κ1) is 15.6. The third kappa shape index (κ3) is 3.22. The Labute approximate surface area is 137 Å². The molecule has 0 saturated heterocycles. The third-order valence-electron chi connectivity index (χ3n) is 3.28. The molecule has 8 nitrogen and oxygen atoms in total. The van der Waals surface area contributed by atoms with Crippen LogP contribution in [0.3, 0.4) is 0 Å². The van der Waals surface area contributed by atoms with Crippen LogP contribution < -0.4 is 10.6 Å². The molecule has 0 aliphatic rings. The molecule has 122 valence electrons. The van der Waals surface area contributed by atoms with E-state index in [0.29, 0.717) is 17.2 Å². The summed E-state index contributed by atoms with van der Waals surface area (Å²) in [4.78, 5) is 31.7. The molecule has 0 saturated carbocycles. The molecule has 0 bridgehead atoms. The molecule has 0 atom stereocenters. The highest BCUT2D eigenvalue weighted by molar-refractivity contribution is 6.02. The van der Waals surface area contributed by atoms with E-state index in [0.717, 1.165) is 11.4 Å². The van der Waals surface area contributed by atoms with Crippen LogP contribution in [0.15, 0.2) is 30.3 Å². The van der Waals surface area contributed by atoms with Gasteiger partial charge in [-0.05, 0) is 44.2 Å². The maximum atomic E-state index is 12.3. The van der Waals surface area contributed by atoms with Crippen LogP contribution in [-0.4, -0.2) is 31.4 Å². The van der Waals surface area contributed by atoms with Gasteiger partial charge in [0.05, 0.1) is 0 Å². The van der Waals surface area contributed by atoms with Gasteiger partial charge < -0.3 is 10.6 Å². The van der Waals surface area contributed by atoms with Gasteiger partial charge in [-0.3, -0.25) is 9.59 Å². The van der Waals surface area contributed by atoms with E-state index in [1.807, 2.05) is 19.9 Å². The van der Waals surface area contributed by atoms with Crippen molar-refractivity contribution in [2.45, 2.75) is 20.8 Å². The second kappa shape index (κ2) is 6.07. The van der Waals surface area contributed by atoms with E-state index in [2.05, 4.69) is 25.7 Å². The lowest BCUT2D eigenvalue weighted by atomic mass is 10.2. The number of amides is 2. The highest BCUT2D eigenvalue weighted by Crippen LogP contribution is 2.14. The van der Waals surface area contributed by atoms with Crippen LogP contribution in [0, 0.1) is 13.8 Å². The number of benzene rings is 1. The predicted octanol–water partition coefficient (Wildman–Crippen LogP) is 1.95. The van der Waals surface area contributed by atoms with Crippen LogP contribution in [-0.2, 0) is 4.79 Å². The van der Waals surface area contributed by atoms with E-state index in [1.165, 1.54) is 11.4 Å². The normalized spacial score (nSPS) is 10.6. The number of rotatable bonds is 3. The number of aromatic nitrogens is 4. The minimum atomic E-state index is -0.426. The maximum Gasteiger partial charge on any atom is 0.295 e. The fraction of sp³-hybridized carbons (Fsp3) is 0.188. The largest absolute Gasteiger partial charge is 0.326 e. The average molecular weight is 324 g/mol. The highest BCUT2D eigenvalue weighted by atomic mass is 16.2. The van der Waals surface area contributed by atoms with Gasteiger partial charge in [0.25, 0.3) is 11.7 Å². The fourth-order valence-electron chi connectivity index (χ4n) is 2.29. The van der Waals surface area contributed by atoms with Gasteiger partial charge in [-0.15, -0.1) is 5.10 Å². The molecule has 0 aliphatic carbocycles. The molecule has 2 aromatic heterocycles. The summed E-state index contributed by atoms with van der Waals surface area (Å²) in [5.41, 5.74) is 2.90. The standard InChI is InChI=1S/C16H16N6O2/c1-9-8-10(2)22-16(17-9)20-14(21-22)15(24)19-13-6-4-12(5-7-13)18-11(3)23/h4-8H,1-3H3,(H,18,23)(H,19,24). The van der Waals surface area contributed by atoms with Crippen LogP contribution in [0.1, 0.15) is 28.9 Å². The van der Waals surface area contributed by atoms with E-state index >= 15 is 0 Å². The van der Waals surface area contributed by atoms with Crippen molar-refractivity contribution in [3.05, 3.63) is 47.5 Å². The minimum Gasteiger partial charge on any atom is -0.326 e. The second-order valence-corrected chi connectivity index (χ2v) is 5.40. The first-order valence-corrected chi connectivity index (χ1v) is 7.32. The van der Waals surface area contributed by atoms with Crippen LogP contribution in [0.4, 0.5) is 11.4 Å². The first-order chi connectivity index (χ1) is 11.4. The molecule has 2 amide bonds. The van der Waals surface area contributed by atoms with Crippen LogP contribution >= 0.6 is 0 Å². The Hall–Kier alpha value is -3.29. The summed E-state index contributed by atoms with van der Waals surface area (Å²) in [6.45, 7) is 5.17. The summed E-state index contributed by atoms with van der Waals surface area (Å²) in [6.07, 6.45) is 0. The summed E-state index contributed by atoms with van der Waals surface area (Å²) in [5, 5.41) is 9.55. The average Bonchev–Trinajstić information content (AvgIpc) is 2.93. The lowest BCUT2D eigenvalue weighted by molar-refractivity contribution is -0.114. The number of carbonyl (C=O) groups excluding carboxylic acids is 2. The van der Waals surface area contributed by atoms with Crippen molar-refractivity contribution >= 4 is 29.0 Å². The molecule has 0 aliphatic heterocycles. The zero-order chi connectivity index (χ0) is 17.3. The third-order valence-corrected chi connectivity index (χ3v) is 3.28. The van der Waals surface area contributed by atoms with E-state index < -0.39 is 5.91 Å². The smallest absolute Gasteiger partial charge is 0.295 e. The molecule has 2 N–H and O–H groups in total. The van der Waals surface area contributed by atoms with Gasteiger partial charge in [0.1, 0.15) is 0 Å². The Morgan fingerprint density at radius 3 is 2.25 bits per heavy atom. The van der Waals surface area contributed by atoms with Gasteiger partial charge in [0, 0.05) is 29.7 Å². The molecule has 0 spiro atoms. The Balaban J connectivity index is 1.79. The predicted molar refractivity (Wildman–Crippen MR) is 89.0 cm³/mol. The van der Waals surface area contributed by atoms with Gasteiger partial charge in [0.2, 0.25) is 11.7 Å². The summed E-state index contributed by atoms with van der Waals surface area (Å²) >= 11 is 0. The molecule has 3 aromatic rings. The summed E-state index contributed by atoms with van der Waals surface area (Å²) < 4.78 is 1.53. The molecular weight excluding hydrogens is 308 g/mol. The number of nitrogens with one attached hydrogen (secondary N) is 2. The Morgan fingerprint density at radius 2 is 1.62 bits per heavy atom. The van der Waals surface area contributed by atoms with E-state index in [4.69, 9.17) is 0 Å². The molecule has 0 radical (unpaired) electrons. The zero-order valence-corrected chi connectivity index (χ0v) is 13.5. The summed E-state index contributed by atoms with van der Waals surface area (Å²) in [5.74, 6) is -0.149. The summed E-state index contributed by atoms with van der Waals surface area (Å²) in [6, 6.07) is 8.63. The van der Waals surface area contributed by atoms with Crippen LogP contribution in [0.5, 0.6) is 0 Å². The van der Waals surface area contributed by atoms with Crippen molar-refractivity contribution < 1.29 is 9.59 Å². The minimum absolute atomic E-state index is 0.0436.